The predicted octanol–water partition coefficient (Wildman–Crippen LogP) is 7.65. The lowest BCUT2D eigenvalue weighted by Gasteiger charge is -2.15. The van der Waals surface area contributed by atoms with E-state index in [1.807, 2.05) is 91.9 Å². The maximum absolute atomic E-state index is 13.6. The Labute approximate surface area is 240 Å². The van der Waals surface area contributed by atoms with E-state index in [0.29, 0.717) is 47.9 Å². The third-order valence-electron chi connectivity index (χ3n) is 6.39. The maximum Gasteiger partial charge on any atom is 0.267 e. The van der Waals surface area contributed by atoms with Gasteiger partial charge in [0.2, 0.25) is 0 Å². The topological polar surface area (TPSA) is 51.1 Å². The van der Waals surface area contributed by atoms with Crippen LogP contribution in [0.3, 0.4) is 0 Å². The molecule has 0 bridgehead atoms. The molecule has 1 fully saturated rings. The summed E-state index contributed by atoms with van der Waals surface area (Å²) >= 11 is 1.41. The van der Waals surface area contributed by atoms with Gasteiger partial charge in [-0.25, -0.2) is 0 Å². The number of hydrogen-bond acceptors (Lipinski definition) is 5. The SMILES string of the molecule is CCOc1cc(/C=C2/SC(=NCc3ccccc3)N(Cc3ccccc3)C2=O)ccc1OCc1ccc(C)cc1. The second-order valence-electron chi connectivity index (χ2n) is 9.49. The summed E-state index contributed by atoms with van der Waals surface area (Å²) in [5, 5.41) is 0.701. The highest BCUT2D eigenvalue weighted by molar-refractivity contribution is 8.18. The molecule has 0 atom stereocenters. The van der Waals surface area contributed by atoms with E-state index in [-0.39, 0.29) is 5.91 Å². The van der Waals surface area contributed by atoms with E-state index in [9.17, 15) is 4.79 Å². The van der Waals surface area contributed by atoms with E-state index in [1.165, 1.54) is 17.3 Å². The summed E-state index contributed by atoms with van der Waals surface area (Å²) in [5.74, 6) is 1.27. The van der Waals surface area contributed by atoms with Crippen molar-refractivity contribution in [1.82, 2.24) is 4.90 Å². The molecule has 1 saturated heterocycles. The molecule has 0 aliphatic carbocycles. The van der Waals surface area contributed by atoms with Gasteiger partial charge in [0.05, 0.1) is 24.6 Å². The summed E-state index contributed by atoms with van der Waals surface area (Å²) in [6, 6.07) is 34.1. The van der Waals surface area contributed by atoms with E-state index < -0.39 is 0 Å². The molecule has 0 saturated carbocycles. The number of benzene rings is 4. The zero-order chi connectivity index (χ0) is 27.7. The van der Waals surface area contributed by atoms with Gasteiger partial charge in [-0.3, -0.25) is 14.7 Å². The van der Waals surface area contributed by atoms with Crippen LogP contribution in [-0.4, -0.2) is 22.6 Å². The van der Waals surface area contributed by atoms with Crippen molar-refractivity contribution in [3.63, 3.8) is 0 Å². The first-order valence-corrected chi connectivity index (χ1v) is 14.2. The van der Waals surface area contributed by atoms with Gasteiger partial charge in [-0.1, -0.05) is 96.6 Å². The van der Waals surface area contributed by atoms with Crippen molar-refractivity contribution in [3.8, 4) is 11.5 Å². The summed E-state index contributed by atoms with van der Waals surface area (Å²) in [5.41, 5.74) is 5.33. The number of hydrogen-bond donors (Lipinski definition) is 0. The summed E-state index contributed by atoms with van der Waals surface area (Å²) < 4.78 is 12.0. The Morgan fingerprint density at radius 1 is 0.800 bits per heavy atom. The molecule has 0 unspecified atom stereocenters. The van der Waals surface area contributed by atoms with Gasteiger partial charge in [-0.2, -0.15) is 0 Å². The van der Waals surface area contributed by atoms with Gasteiger partial charge in [-0.05, 0) is 66.1 Å². The molecule has 1 aliphatic rings. The number of amidine groups is 1. The number of thioether (sulfide) groups is 1. The third kappa shape index (κ3) is 7.01. The monoisotopic (exact) mass is 548 g/mol. The van der Waals surface area contributed by atoms with Gasteiger partial charge < -0.3 is 9.47 Å². The minimum absolute atomic E-state index is 0.0571. The fourth-order valence-corrected chi connectivity index (χ4v) is 5.25. The van der Waals surface area contributed by atoms with Gasteiger partial charge in [0.15, 0.2) is 16.7 Å². The third-order valence-corrected chi connectivity index (χ3v) is 7.44. The van der Waals surface area contributed by atoms with Gasteiger partial charge in [-0.15, -0.1) is 0 Å². The molecule has 5 rings (SSSR count). The Hall–Kier alpha value is -4.29. The highest BCUT2D eigenvalue weighted by Gasteiger charge is 2.33. The van der Waals surface area contributed by atoms with Crippen LogP contribution in [0.1, 0.15) is 34.7 Å². The van der Waals surface area contributed by atoms with Crippen LogP contribution in [0.25, 0.3) is 6.08 Å². The molecule has 0 aromatic heterocycles. The van der Waals surface area contributed by atoms with Crippen molar-refractivity contribution in [2.24, 2.45) is 4.99 Å². The van der Waals surface area contributed by atoms with Crippen molar-refractivity contribution in [1.29, 1.82) is 0 Å². The van der Waals surface area contributed by atoms with E-state index in [1.54, 1.807) is 4.90 Å². The molecule has 5 nitrogen and oxygen atoms in total. The first-order valence-electron chi connectivity index (χ1n) is 13.4. The van der Waals surface area contributed by atoms with Crippen LogP contribution in [0.5, 0.6) is 11.5 Å². The summed E-state index contributed by atoms with van der Waals surface area (Å²) in [6.07, 6.45) is 1.91. The van der Waals surface area contributed by atoms with Crippen LogP contribution in [0.15, 0.2) is 113 Å². The minimum atomic E-state index is -0.0571. The smallest absolute Gasteiger partial charge is 0.267 e. The van der Waals surface area contributed by atoms with Gasteiger partial charge >= 0.3 is 0 Å². The second-order valence-corrected chi connectivity index (χ2v) is 10.5. The van der Waals surface area contributed by atoms with Crippen molar-refractivity contribution in [3.05, 3.63) is 136 Å². The number of rotatable bonds is 10. The van der Waals surface area contributed by atoms with E-state index in [4.69, 9.17) is 14.5 Å². The molecule has 40 heavy (non-hydrogen) atoms. The number of carbonyl (C=O) groups excluding carboxylic acids is 1. The van der Waals surface area contributed by atoms with Crippen LogP contribution in [0.4, 0.5) is 0 Å². The standard InChI is InChI=1S/C34H32N2O3S/c1-3-38-31-20-29(18-19-30(31)39-24-28-16-14-25(2)15-17-28)21-32-33(37)36(23-27-12-8-5-9-13-27)34(40-32)35-22-26-10-6-4-7-11-26/h4-21H,3,22-24H2,1-2H3/b32-21+,35-34?. The maximum atomic E-state index is 13.6. The van der Waals surface area contributed by atoms with Crippen LogP contribution in [-0.2, 0) is 24.5 Å². The molecular weight excluding hydrogens is 516 g/mol. The van der Waals surface area contributed by atoms with Crippen LogP contribution >= 0.6 is 11.8 Å². The Kier molecular flexibility index (Phi) is 8.99. The van der Waals surface area contributed by atoms with Crippen molar-refractivity contribution in [2.45, 2.75) is 33.5 Å². The lowest BCUT2D eigenvalue weighted by atomic mass is 10.1. The molecule has 1 aliphatic heterocycles. The van der Waals surface area contributed by atoms with E-state index >= 15 is 0 Å². The van der Waals surface area contributed by atoms with Crippen molar-refractivity contribution in [2.75, 3.05) is 6.61 Å². The summed E-state index contributed by atoms with van der Waals surface area (Å²) in [6.45, 7) is 5.95. The van der Waals surface area contributed by atoms with Gasteiger partial charge in [0.25, 0.3) is 5.91 Å². The zero-order valence-electron chi connectivity index (χ0n) is 22.7. The van der Waals surface area contributed by atoms with Crippen molar-refractivity contribution < 1.29 is 14.3 Å². The molecule has 1 heterocycles. The van der Waals surface area contributed by atoms with Crippen molar-refractivity contribution >= 4 is 28.9 Å². The first-order chi connectivity index (χ1) is 19.6. The molecule has 4 aromatic carbocycles. The molecule has 1 amide bonds. The lowest BCUT2D eigenvalue weighted by molar-refractivity contribution is -0.122. The average molecular weight is 549 g/mol. The zero-order valence-corrected chi connectivity index (χ0v) is 23.6. The first kappa shape index (κ1) is 27.3. The second kappa shape index (κ2) is 13.2. The molecule has 0 N–H and O–H groups in total. The lowest BCUT2D eigenvalue weighted by Crippen LogP contribution is -2.28. The number of nitrogens with zero attached hydrogens (tertiary/aromatic N) is 2. The fraction of sp³-hybridized carbons (Fsp3) is 0.176. The molecular formula is C34H32N2O3S. The Morgan fingerprint density at radius 2 is 1.50 bits per heavy atom. The average Bonchev–Trinajstić information content (AvgIpc) is 3.27. The Morgan fingerprint density at radius 3 is 2.20 bits per heavy atom. The number of ether oxygens (including phenoxy) is 2. The van der Waals surface area contributed by atoms with E-state index in [0.717, 1.165) is 22.3 Å². The van der Waals surface area contributed by atoms with Crippen LogP contribution in [0.2, 0.25) is 0 Å². The molecule has 4 aromatic rings. The highest BCUT2D eigenvalue weighted by Crippen LogP contribution is 2.36. The summed E-state index contributed by atoms with van der Waals surface area (Å²) in [7, 11) is 0. The van der Waals surface area contributed by atoms with E-state index in [2.05, 4.69) is 31.2 Å². The van der Waals surface area contributed by atoms with Gasteiger partial charge in [0.1, 0.15) is 6.61 Å². The predicted molar refractivity (Wildman–Crippen MR) is 163 cm³/mol. The number of amides is 1. The van der Waals surface area contributed by atoms with Crippen LogP contribution in [0, 0.1) is 6.92 Å². The summed E-state index contributed by atoms with van der Waals surface area (Å²) in [4.78, 5) is 20.8. The number of aryl methyl sites for hydroxylation is 1. The quantitative estimate of drug-likeness (QED) is 0.191. The molecule has 6 heteroatoms. The molecule has 0 radical (unpaired) electrons. The van der Waals surface area contributed by atoms with Crippen LogP contribution < -0.4 is 9.47 Å². The largest absolute Gasteiger partial charge is 0.490 e. The minimum Gasteiger partial charge on any atom is -0.490 e. The normalized spacial score (nSPS) is 15.2. The Balaban J connectivity index is 1.38. The van der Waals surface area contributed by atoms with Gasteiger partial charge in [0, 0.05) is 0 Å². The fourth-order valence-electron chi connectivity index (χ4n) is 4.27. The Bertz CT molecular complexity index is 1500. The number of carbonyl (C=O) groups is 1. The number of aliphatic imine (C=N–C) groups is 1. The molecule has 0 spiro atoms. The molecule has 202 valence electrons. The highest BCUT2D eigenvalue weighted by atomic mass is 32.2.